The minimum absolute atomic E-state index is 0. The molecule has 1 atom stereocenters. The van der Waals surface area contributed by atoms with Crippen molar-refractivity contribution in [2.24, 2.45) is 0 Å². The molecule has 0 aliphatic rings. The van der Waals surface area contributed by atoms with Crippen LogP contribution in [0.2, 0.25) is 0 Å². The molecule has 0 saturated carbocycles. The predicted octanol–water partition coefficient (Wildman–Crippen LogP) is 5.00. The molecule has 0 radical (unpaired) electrons. The Labute approximate surface area is 121 Å². The first-order valence-electron chi connectivity index (χ1n) is 7.51. The van der Waals surface area contributed by atoms with Gasteiger partial charge in [0.25, 0.3) is 0 Å². The van der Waals surface area contributed by atoms with Crippen molar-refractivity contribution in [2.75, 3.05) is 6.61 Å². The van der Waals surface area contributed by atoms with Gasteiger partial charge in [0.2, 0.25) is 0 Å². The van der Waals surface area contributed by atoms with Crippen LogP contribution in [0.4, 0.5) is 0 Å². The van der Waals surface area contributed by atoms with Crippen molar-refractivity contribution in [1.29, 1.82) is 0 Å². The first kappa shape index (κ1) is 21.3. The molecule has 0 saturated heterocycles. The van der Waals surface area contributed by atoms with E-state index in [1.807, 2.05) is 0 Å². The van der Waals surface area contributed by atoms with Crippen LogP contribution in [0.5, 0.6) is 0 Å². The van der Waals surface area contributed by atoms with Gasteiger partial charge in [0.05, 0.1) is 6.61 Å². The Hall–Kier alpha value is 0.0300. The van der Waals surface area contributed by atoms with Gasteiger partial charge in [-0.3, -0.25) is 8.74 Å². The van der Waals surface area contributed by atoms with Crippen molar-refractivity contribution in [3.05, 3.63) is 0 Å². The van der Waals surface area contributed by atoms with Crippen LogP contribution in [0.25, 0.3) is 0 Å². The van der Waals surface area contributed by atoms with Gasteiger partial charge in [-0.05, 0) is 6.42 Å². The highest BCUT2D eigenvalue weighted by atomic mass is 32.2. The van der Waals surface area contributed by atoms with Gasteiger partial charge in [-0.1, -0.05) is 77.6 Å². The fourth-order valence-corrected chi connectivity index (χ4v) is 2.33. The molecule has 0 aromatic rings. The highest BCUT2D eigenvalue weighted by molar-refractivity contribution is 7.74. The van der Waals surface area contributed by atoms with E-state index in [9.17, 15) is 4.21 Å². The third-order valence-corrected chi connectivity index (χ3v) is 3.55. The molecule has 4 N–H and O–H groups in total. The Morgan fingerprint density at radius 3 is 1.53 bits per heavy atom. The lowest BCUT2D eigenvalue weighted by molar-refractivity contribution is 0.296. The van der Waals surface area contributed by atoms with Crippen molar-refractivity contribution in [3.8, 4) is 0 Å². The third-order valence-electron chi connectivity index (χ3n) is 3.18. The van der Waals surface area contributed by atoms with Crippen molar-refractivity contribution < 1.29 is 12.9 Å². The summed E-state index contributed by atoms with van der Waals surface area (Å²) in [4.78, 5) is 0. The third kappa shape index (κ3) is 20.5. The average molecular weight is 295 g/mol. The van der Waals surface area contributed by atoms with Gasteiger partial charge in [-0.25, -0.2) is 0 Å². The highest BCUT2D eigenvalue weighted by Gasteiger charge is 1.95. The molecule has 19 heavy (non-hydrogen) atoms. The molecule has 0 bridgehead atoms. The van der Waals surface area contributed by atoms with Gasteiger partial charge in [0, 0.05) is 0 Å². The van der Waals surface area contributed by atoms with Gasteiger partial charge < -0.3 is 6.15 Å². The molecule has 0 rings (SSSR count). The molecule has 0 fully saturated rings. The Balaban J connectivity index is 0. The van der Waals surface area contributed by atoms with E-state index in [2.05, 4.69) is 11.1 Å². The molecule has 1 unspecified atom stereocenters. The SMILES string of the molecule is CCCCCCCCCCCCCCOS(=O)O.N. The quantitative estimate of drug-likeness (QED) is 0.349. The van der Waals surface area contributed by atoms with Crippen LogP contribution in [0.3, 0.4) is 0 Å². The monoisotopic (exact) mass is 295 g/mol. The molecule has 0 aromatic carbocycles. The predicted molar refractivity (Wildman–Crippen MR) is 82.8 cm³/mol. The van der Waals surface area contributed by atoms with E-state index < -0.39 is 11.4 Å². The second-order valence-corrected chi connectivity index (χ2v) is 5.60. The van der Waals surface area contributed by atoms with Gasteiger partial charge in [0.15, 0.2) is 0 Å². The smallest absolute Gasteiger partial charge is 0.301 e. The molecule has 4 nitrogen and oxygen atoms in total. The standard InChI is InChI=1S/C14H30O3S.H3N/c1-2-3-4-5-6-7-8-9-10-11-12-13-14-17-18(15)16;/h2-14H2,1H3,(H,15,16);1H3. The molecule has 5 heteroatoms. The van der Waals surface area contributed by atoms with Crippen molar-refractivity contribution in [3.63, 3.8) is 0 Å². The number of unbranched alkanes of at least 4 members (excludes halogenated alkanes) is 11. The minimum atomic E-state index is -2.08. The lowest BCUT2D eigenvalue weighted by atomic mass is 10.1. The minimum Gasteiger partial charge on any atom is -0.344 e. The summed E-state index contributed by atoms with van der Waals surface area (Å²) in [7, 11) is 0. The number of hydrogen-bond acceptors (Lipinski definition) is 3. The molecule has 0 heterocycles. The molecule has 0 spiro atoms. The van der Waals surface area contributed by atoms with E-state index in [1.165, 1.54) is 64.2 Å². The zero-order chi connectivity index (χ0) is 13.5. The van der Waals surface area contributed by atoms with E-state index in [4.69, 9.17) is 4.55 Å². The fraction of sp³-hybridized carbons (Fsp3) is 1.00. The van der Waals surface area contributed by atoms with Gasteiger partial charge in [-0.15, -0.1) is 0 Å². The molecular weight excluding hydrogens is 262 g/mol. The molecule has 118 valence electrons. The van der Waals surface area contributed by atoms with E-state index in [1.54, 1.807) is 0 Å². The van der Waals surface area contributed by atoms with Crippen LogP contribution >= 0.6 is 0 Å². The zero-order valence-electron chi connectivity index (χ0n) is 12.6. The van der Waals surface area contributed by atoms with E-state index >= 15 is 0 Å². The topological polar surface area (TPSA) is 81.5 Å². The fourth-order valence-electron chi connectivity index (χ4n) is 2.07. The Kier molecular flexibility index (Phi) is 20.2. The maximum Gasteiger partial charge on any atom is 0.301 e. The lowest BCUT2D eigenvalue weighted by Gasteiger charge is -2.02. The van der Waals surface area contributed by atoms with Gasteiger partial charge in [-0.2, -0.15) is 4.21 Å². The van der Waals surface area contributed by atoms with Crippen LogP contribution in [-0.4, -0.2) is 15.4 Å². The summed E-state index contributed by atoms with van der Waals surface area (Å²) < 4.78 is 23.1. The second-order valence-electron chi connectivity index (χ2n) is 4.93. The van der Waals surface area contributed by atoms with E-state index in [0.29, 0.717) is 6.61 Å². The molecular formula is C14H33NO3S. The van der Waals surface area contributed by atoms with Crippen LogP contribution in [-0.2, 0) is 15.5 Å². The first-order chi connectivity index (χ1) is 8.77. The maximum atomic E-state index is 10.2. The summed E-state index contributed by atoms with van der Waals surface area (Å²) in [6, 6.07) is 0. The molecule has 0 aliphatic carbocycles. The Morgan fingerprint density at radius 1 is 0.789 bits per heavy atom. The molecule has 0 amide bonds. The van der Waals surface area contributed by atoms with Crippen LogP contribution in [0.1, 0.15) is 84.0 Å². The van der Waals surface area contributed by atoms with Crippen LogP contribution in [0.15, 0.2) is 0 Å². The first-order valence-corrected chi connectivity index (χ1v) is 8.54. The largest absolute Gasteiger partial charge is 0.344 e. The van der Waals surface area contributed by atoms with E-state index in [-0.39, 0.29) is 6.15 Å². The van der Waals surface area contributed by atoms with Crippen molar-refractivity contribution in [2.45, 2.75) is 84.0 Å². The van der Waals surface area contributed by atoms with E-state index in [0.717, 1.165) is 12.8 Å². The van der Waals surface area contributed by atoms with Crippen LogP contribution in [0, 0.1) is 0 Å². The number of rotatable bonds is 14. The summed E-state index contributed by atoms with van der Waals surface area (Å²) >= 11 is -2.08. The lowest BCUT2D eigenvalue weighted by Crippen LogP contribution is -1.97. The summed E-state index contributed by atoms with van der Waals surface area (Å²) in [5.74, 6) is 0. The molecule has 0 aromatic heterocycles. The maximum absolute atomic E-state index is 10.2. The second kappa shape index (κ2) is 18.0. The van der Waals surface area contributed by atoms with Gasteiger partial charge in [0.1, 0.15) is 0 Å². The summed E-state index contributed by atoms with van der Waals surface area (Å²) in [6.45, 7) is 2.66. The number of hydrogen-bond donors (Lipinski definition) is 2. The van der Waals surface area contributed by atoms with Gasteiger partial charge >= 0.3 is 11.4 Å². The summed E-state index contributed by atoms with van der Waals surface area (Å²) in [5, 5.41) is 0. The summed E-state index contributed by atoms with van der Waals surface area (Å²) in [5.41, 5.74) is 0. The summed E-state index contributed by atoms with van der Waals surface area (Å²) in [6.07, 6.45) is 15.5. The average Bonchev–Trinajstić information content (AvgIpc) is 2.34. The van der Waals surface area contributed by atoms with Crippen molar-refractivity contribution >= 4 is 11.4 Å². The van der Waals surface area contributed by atoms with Crippen molar-refractivity contribution in [1.82, 2.24) is 6.15 Å². The molecule has 0 aliphatic heterocycles. The highest BCUT2D eigenvalue weighted by Crippen LogP contribution is 2.11. The Bertz CT molecular complexity index is 192. The zero-order valence-corrected chi connectivity index (χ0v) is 13.4. The Morgan fingerprint density at radius 2 is 1.16 bits per heavy atom. The van der Waals surface area contributed by atoms with Crippen LogP contribution < -0.4 is 6.15 Å². The normalized spacial score (nSPS) is 12.1.